The molecule has 0 aliphatic carbocycles. The van der Waals surface area contributed by atoms with Crippen LogP contribution in [0.1, 0.15) is 26.2 Å². The Labute approximate surface area is 62.7 Å². The lowest BCUT2D eigenvalue weighted by Gasteiger charge is -2.02. The maximum atomic E-state index is 4.86. The third kappa shape index (κ3) is 7.88. The molecule has 0 fully saturated rings. The van der Waals surface area contributed by atoms with Gasteiger partial charge in [-0.25, -0.2) is 0 Å². The van der Waals surface area contributed by atoms with Gasteiger partial charge in [0.2, 0.25) is 0 Å². The summed E-state index contributed by atoms with van der Waals surface area (Å²) in [6.45, 7) is 3.42. The second kappa shape index (κ2) is 8.88. The van der Waals surface area contributed by atoms with Gasteiger partial charge in [-0.05, 0) is 6.42 Å². The van der Waals surface area contributed by atoms with Gasteiger partial charge in [0.1, 0.15) is 0 Å². The molecule has 10 heavy (non-hydrogen) atoms. The summed E-state index contributed by atoms with van der Waals surface area (Å²) in [5.74, 6) is 0. The smallest absolute Gasteiger partial charge is 0.166 e. The average molecular weight is 147 g/mol. The van der Waals surface area contributed by atoms with Crippen LogP contribution in [0.5, 0.6) is 0 Å². The molecule has 1 N–H and O–H groups in total. The SMILES string of the molecule is CCCCCNOCOC. The van der Waals surface area contributed by atoms with E-state index in [1.165, 1.54) is 19.3 Å². The minimum atomic E-state index is 0.326. The molecule has 0 aliphatic rings. The quantitative estimate of drug-likeness (QED) is 0.334. The third-order valence-corrected chi connectivity index (χ3v) is 1.16. The second-order valence-corrected chi connectivity index (χ2v) is 2.15. The van der Waals surface area contributed by atoms with Gasteiger partial charge in [-0.15, -0.1) is 0 Å². The summed E-state index contributed by atoms with van der Waals surface area (Å²) < 4.78 is 4.66. The highest BCUT2D eigenvalue weighted by atomic mass is 16.7. The minimum Gasteiger partial charge on any atom is -0.357 e. The normalized spacial score (nSPS) is 10.2. The van der Waals surface area contributed by atoms with Crippen LogP contribution in [-0.4, -0.2) is 20.4 Å². The van der Waals surface area contributed by atoms with E-state index in [4.69, 9.17) is 4.84 Å². The number of nitrogens with one attached hydrogen (secondary N) is 1. The molecule has 0 aromatic rings. The summed E-state index contributed by atoms with van der Waals surface area (Å²) in [5, 5.41) is 0. The maximum absolute atomic E-state index is 4.86. The fourth-order valence-corrected chi connectivity index (χ4v) is 0.620. The van der Waals surface area contributed by atoms with Crippen LogP contribution in [0.15, 0.2) is 0 Å². The van der Waals surface area contributed by atoms with Crippen molar-refractivity contribution in [3.05, 3.63) is 0 Å². The molecule has 0 amide bonds. The van der Waals surface area contributed by atoms with Gasteiger partial charge in [-0.2, -0.15) is 5.48 Å². The van der Waals surface area contributed by atoms with E-state index in [0.29, 0.717) is 6.79 Å². The summed E-state index contributed by atoms with van der Waals surface area (Å²) in [5.41, 5.74) is 2.80. The van der Waals surface area contributed by atoms with E-state index in [2.05, 4.69) is 17.1 Å². The van der Waals surface area contributed by atoms with Crippen molar-refractivity contribution >= 4 is 0 Å². The van der Waals surface area contributed by atoms with Gasteiger partial charge >= 0.3 is 0 Å². The molecule has 0 saturated heterocycles. The van der Waals surface area contributed by atoms with Crippen LogP contribution in [0.2, 0.25) is 0 Å². The Morgan fingerprint density at radius 3 is 2.70 bits per heavy atom. The number of hydrogen-bond donors (Lipinski definition) is 1. The Bertz CT molecular complexity index is 51.6. The van der Waals surface area contributed by atoms with Crippen LogP contribution in [0.25, 0.3) is 0 Å². The Hall–Kier alpha value is -0.120. The molecular formula is C7H17NO2. The first kappa shape index (κ1) is 9.88. The van der Waals surface area contributed by atoms with Gasteiger partial charge in [0, 0.05) is 13.7 Å². The highest BCUT2D eigenvalue weighted by Crippen LogP contribution is 1.90. The third-order valence-electron chi connectivity index (χ3n) is 1.16. The summed E-state index contributed by atoms with van der Waals surface area (Å²) >= 11 is 0. The van der Waals surface area contributed by atoms with Crippen molar-refractivity contribution in [3.8, 4) is 0 Å². The maximum Gasteiger partial charge on any atom is 0.166 e. The fourth-order valence-electron chi connectivity index (χ4n) is 0.620. The molecule has 3 heteroatoms. The van der Waals surface area contributed by atoms with Gasteiger partial charge in [-0.1, -0.05) is 19.8 Å². The van der Waals surface area contributed by atoms with Crippen molar-refractivity contribution in [2.24, 2.45) is 0 Å². The zero-order valence-electron chi connectivity index (χ0n) is 6.85. The number of rotatable bonds is 7. The zero-order chi connectivity index (χ0) is 7.66. The number of methoxy groups -OCH3 is 1. The first-order chi connectivity index (χ1) is 4.91. The Morgan fingerprint density at radius 1 is 1.30 bits per heavy atom. The highest BCUT2D eigenvalue weighted by Gasteiger charge is 1.85. The first-order valence-corrected chi connectivity index (χ1v) is 3.75. The monoisotopic (exact) mass is 147 g/mol. The van der Waals surface area contributed by atoms with E-state index in [9.17, 15) is 0 Å². The van der Waals surface area contributed by atoms with Gasteiger partial charge in [0.25, 0.3) is 0 Å². The predicted octanol–water partition coefficient (Wildman–Crippen LogP) is 1.30. The van der Waals surface area contributed by atoms with Crippen LogP contribution in [0.3, 0.4) is 0 Å². The van der Waals surface area contributed by atoms with Gasteiger partial charge in [0.05, 0.1) is 0 Å². The Balaban J connectivity index is 2.65. The molecule has 62 valence electrons. The van der Waals surface area contributed by atoms with E-state index >= 15 is 0 Å². The van der Waals surface area contributed by atoms with Crippen LogP contribution in [0, 0.1) is 0 Å². The van der Waals surface area contributed by atoms with Crippen LogP contribution in [-0.2, 0) is 9.57 Å². The lowest BCUT2D eigenvalue weighted by atomic mass is 10.3. The molecule has 0 atom stereocenters. The number of hydroxylamine groups is 1. The number of hydrogen-bond acceptors (Lipinski definition) is 3. The van der Waals surface area contributed by atoms with Crippen LogP contribution in [0.4, 0.5) is 0 Å². The summed E-state index contributed by atoms with van der Waals surface area (Å²) in [7, 11) is 1.60. The van der Waals surface area contributed by atoms with E-state index in [0.717, 1.165) is 6.54 Å². The first-order valence-electron chi connectivity index (χ1n) is 3.75. The summed E-state index contributed by atoms with van der Waals surface area (Å²) in [6.07, 6.45) is 3.66. The van der Waals surface area contributed by atoms with E-state index < -0.39 is 0 Å². The van der Waals surface area contributed by atoms with Crippen molar-refractivity contribution in [1.29, 1.82) is 0 Å². The van der Waals surface area contributed by atoms with Crippen LogP contribution >= 0.6 is 0 Å². The molecule has 0 bridgehead atoms. The number of ether oxygens (including phenoxy) is 1. The van der Waals surface area contributed by atoms with Crippen molar-refractivity contribution in [1.82, 2.24) is 5.48 Å². The topological polar surface area (TPSA) is 30.5 Å². The second-order valence-electron chi connectivity index (χ2n) is 2.15. The summed E-state index contributed by atoms with van der Waals surface area (Å²) in [6, 6.07) is 0. The minimum absolute atomic E-state index is 0.326. The molecule has 0 aliphatic heterocycles. The molecule has 0 rings (SSSR count). The van der Waals surface area contributed by atoms with Crippen molar-refractivity contribution < 1.29 is 9.57 Å². The molecule has 3 nitrogen and oxygen atoms in total. The highest BCUT2D eigenvalue weighted by molar-refractivity contribution is 4.37. The lowest BCUT2D eigenvalue weighted by molar-refractivity contribution is -0.0818. The van der Waals surface area contributed by atoms with Crippen molar-refractivity contribution in [2.75, 3.05) is 20.4 Å². The Morgan fingerprint density at radius 2 is 2.10 bits per heavy atom. The molecular weight excluding hydrogens is 130 g/mol. The lowest BCUT2D eigenvalue weighted by Crippen LogP contribution is -2.17. The fraction of sp³-hybridized carbons (Fsp3) is 1.00. The largest absolute Gasteiger partial charge is 0.357 e. The molecule has 0 aromatic heterocycles. The van der Waals surface area contributed by atoms with E-state index in [-0.39, 0.29) is 0 Å². The van der Waals surface area contributed by atoms with Gasteiger partial charge in [-0.3, -0.25) is 4.84 Å². The molecule has 0 spiro atoms. The van der Waals surface area contributed by atoms with Crippen molar-refractivity contribution in [3.63, 3.8) is 0 Å². The Kier molecular flexibility index (Phi) is 8.77. The van der Waals surface area contributed by atoms with Gasteiger partial charge < -0.3 is 4.74 Å². The molecule has 0 unspecified atom stereocenters. The molecule has 0 radical (unpaired) electrons. The van der Waals surface area contributed by atoms with Gasteiger partial charge in [0.15, 0.2) is 6.79 Å². The van der Waals surface area contributed by atoms with Crippen LogP contribution < -0.4 is 5.48 Å². The molecule has 0 heterocycles. The standard InChI is InChI=1S/C7H17NO2/c1-3-4-5-6-8-10-7-9-2/h8H,3-7H2,1-2H3. The molecule has 0 saturated carbocycles. The zero-order valence-corrected chi connectivity index (χ0v) is 6.85. The predicted molar refractivity (Wildman–Crippen MR) is 40.5 cm³/mol. The van der Waals surface area contributed by atoms with E-state index in [1.54, 1.807) is 7.11 Å². The summed E-state index contributed by atoms with van der Waals surface area (Å²) in [4.78, 5) is 4.86. The van der Waals surface area contributed by atoms with Crippen molar-refractivity contribution in [2.45, 2.75) is 26.2 Å². The van der Waals surface area contributed by atoms with E-state index in [1.807, 2.05) is 0 Å². The number of unbranched alkanes of at least 4 members (excludes halogenated alkanes) is 2. The average Bonchev–Trinajstić information content (AvgIpc) is 1.97. The molecule has 0 aromatic carbocycles.